The Morgan fingerprint density at radius 2 is 1.84 bits per heavy atom. The maximum atomic E-state index is 13.6. The molecule has 0 bridgehead atoms. The molecule has 4 nitrogen and oxygen atoms in total. The molecule has 25 heavy (non-hydrogen) atoms. The van der Waals surface area contributed by atoms with Gasteiger partial charge in [-0.1, -0.05) is 24.3 Å². The largest absolute Gasteiger partial charge is 0.444 e. The van der Waals surface area contributed by atoms with Gasteiger partial charge in [0.25, 0.3) is 0 Å². The molecule has 0 saturated carbocycles. The molecule has 3 aromatic rings. The zero-order valence-corrected chi connectivity index (χ0v) is 14.6. The monoisotopic (exact) mass is 340 g/mol. The minimum atomic E-state index is -0.526. The van der Waals surface area contributed by atoms with Crippen molar-refractivity contribution in [3.05, 3.63) is 54.0 Å². The van der Waals surface area contributed by atoms with Crippen molar-refractivity contribution in [2.75, 3.05) is 6.54 Å². The molecule has 1 heterocycles. The molecule has 1 N–H and O–H groups in total. The molecule has 0 aliphatic rings. The van der Waals surface area contributed by atoms with Gasteiger partial charge in [0.2, 0.25) is 0 Å². The zero-order valence-electron chi connectivity index (χ0n) is 14.6. The second kappa shape index (κ2) is 6.67. The molecule has 5 heteroatoms. The number of pyridine rings is 1. The van der Waals surface area contributed by atoms with Crippen LogP contribution in [0.4, 0.5) is 9.18 Å². The molecule has 0 aliphatic heterocycles. The van der Waals surface area contributed by atoms with Gasteiger partial charge in [-0.25, -0.2) is 9.18 Å². The normalized spacial score (nSPS) is 11.7. The second-order valence-corrected chi connectivity index (χ2v) is 6.94. The van der Waals surface area contributed by atoms with Crippen molar-refractivity contribution < 1.29 is 13.9 Å². The molecule has 2 aromatic carbocycles. The van der Waals surface area contributed by atoms with E-state index in [1.807, 2.05) is 45.0 Å². The summed E-state index contributed by atoms with van der Waals surface area (Å²) in [5.41, 5.74) is 1.08. The molecule has 130 valence electrons. The Kier molecular flexibility index (Phi) is 4.57. The number of benzene rings is 2. The number of ether oxygens (including phenoxy) is 1. The summed E-state index contributed by atoms with van der Waals surface area (Å²) in [6.45, 7) is 5.89. The van der Waals surface area contributed by atoms with Crippen molar-refractivity contribution >= 4 is 27.8 Å². The Morgan fingerprint density at radius 1 is 1.12 bits per heavy atom. The van der Waals surface area contributed by atoms with Crippen LogP contribution in [0.5, 0.6) is 0 Å². The Bertz CT molecular complexity index is 932. The summed E-state index contributed by atoms with van der Waals surface area (Å²) in [7, 11) is 0. The van der Waals surface area contributed by atoms with Crippen LogP contribution in [-0.4, -0.2) is 23.2 Å². The molecule has 0 fully saturated rings. The number of fused-ring (bicyclic) bond motifs is 3. The number of carbonyl (C=O) groups is 1. The van der Waals surface area contributed by atoms with E-state index in [4.69, 9.17) is 4.74 Å². The van der Waals surface area contributed by atoms with Crippen LogP contribution in [0, 0.1) is 5.82 Å². The Morgan fingerprint density at radius 3 is 2.56 bits per heavy atom. The van der Waals surface area contributed by atoms with E-state index in [0.717, 1.165) is 27.4 Å². The third-order valence-electron chi connectivity index (χ3n) is 3.77. The molecular weight excluding hydrogens is 319 g/mol. The number of hydrogen-bond acceptors (Lipinski definition) is 3. The van der Waals surface area contributed by atoms with E-state index in [9.17, 15) is 9.18 Å². The number of rotatable bonds is 3. The van der Waals surface area contributed by atoms with Crippen LogP contribution in [0.25, 0.3) is 21.7 Å². The molecule has 0 unspecified atom stereocenters. The van der Waals surface area contributed by atoms with Crippen LogP contribution < -0.4 is 5.32 Å². The van der Waals surface area contributed by atoms with Gasteiger partial charge in [0.05, 0.1) is 11.2 Å². The van der Waals surface area contributed by atoms with Gasteiger partial charge in [0.1, 0.15) is 11.4 Å². The molecule has 3 rings (SSSR count). The summed E-state index contributed by atoms with van der Waals surface area (Å²) in [6, 6.07) is 12.4. The van der Waals surface area contributed by atoms with Gasteiger partial charge in [0.15, 0.2) is 0 Å². The van der Waals surface area contributed by atoms with Crippen LogP contribution in [-0.2, 0) is 11.2 Å². The highest BCUT2D eigenvalue weighted by Gasteiger charge is 2.16. The van der Waals surface area contributed by atoms with Gasteiger partial charge in [-0.15, -0.1) is 0 Å². The molecule has 1 amide bonds. The van der Waals surface area contributed by atoms with Gasteiger partial charge in [-0.05, 0) is 44.4 Å². The predicted molar refractivity (Wildman–Crippen MR) is 97.1 cm³/mol. The molecule has 0 atom stereocenters. The highest BCUT2D eigenvalue weighted by Crippen LogP contribution is 2.27. The topological polar surface area (TPSA) is 51.2 Å². The predicted octanol–water partition coefficient (Wildman–Crippen LogP) is 4.59. The van der Waals surface area contributed by atoms with E-state index < -0.39 is 11.7 Å². The lowest BCUT2D eigenvalue weighted by Gasteiger charge is -2.19. The van der Waals surface area contributed by atoms with E-state index in [0.29, 0.717) is 13.0 Å². The second-order valence-electron chi connectivity index (χ2n) is 6.94. The Hall–Kier alpha value is -2.69. The van der Waals surface area contributed by atoms with E-state index in [2.05, 4.69) is 10.3 Å². The van der Waals surface area contributed by atoms with E-state index in [1.165, 1.54) is 12.1 Å². The number of nitrogens with one attached hydrogen (secondary N) is 1. The summed E-state index contributed by atoms with van der Waals surface area (Å²) in [6.07, 6.45) is 0.118. The molecule has 0 saturated heterocycles. The lowest BCUT2D eigenvalue weighted by molar-refractivity contribution is 0.0528. The van der Waals surface area contributed by atoms with Crippen LogP contribution >= 0.6 is 0 Å². The smallest absolute Gasteiger partial charge is 0.407 e. The number of alkyl carbamates (subject to hydrolysis) is 1. The average Bonchev–Trinajstić information content (AvgIpc) is 2.54. The SMILES string of the molecule is CC(C)(C)OC(=O)NCCc1nc2ccc(F)cc2c2ccccc12. The first-order valence-electron chi connectivity index (χ1n) is 8.27. The van der Waals surface area contributed by atoms with Crippen molar-refractivity contribution in [2.24, 2.45) is 0 Å². The van der Waals surface area contributed by atoms with Crippen LogP contribution in [0.15, 0.2) is 42.5 Å². The van der Waals surface area contributed by atoms with Gasteiger partial charge in [-0.3, -0.25) is 4.98 Å². The van der Waals surface area contributed by atoms with Crippen molar-refractivity contribution in [3.8, 4) is 0 Å². The third-order valence-corrected chi connectivity index (χ3v) is 3.77. The molecule has 0 radical (unpaired) electrons. The van der Waals surface area contributed by atoms with Gasteiger partial charge >= 0.3 is 6.09 Å². The maximum Gasteiger partial charge on any atom is 0.407 e. The molecule has 0 spiro atoms. The van der Waals surface area contributed by atoms with Crippen LogP contribution in [0.2, 0.25) is 0 Å². The number of halogens is 1. The number of nitrogens with zero attached hydrogens (tertiary/aromatic N) is 1. The summed E-state index contributed by atoms with van der Waals surface area (Å²) >= 11 is 0. The van der Waals surface area contributed by atoms with Crippen LogP contribution in [0.1, 0.15) is 26.5 Å². The lowest BCUT2D eigenvalue weighted by atomic mass is 10.0. The number of aromatic nitrogens is 1. The summed E-state index contributed by atoms with van der Waals surface area (Å²) in [4.78, 5) is 16.4. The van der Waals surface area contributed by atoms with E-state index in [1.54, 1.807) is 6.07 Å². The fourth-order valence-electron chi connectivity index (χ4n) is 2.78. The van der Waals surface area contributed by atoms with Gasteiger partial charge < -0.3 is 10.1 Å². The Labute approximate surface area is 146 Å². The summed E-state index contributed by atoms with van der Waals surface area (Å²) in [5, 5.41) is 5.46. The van der Waals surface area contributed by atoms with E-state index >= 15 is 0 Å². The zero-order chi connectivity index (χ0) is 18.0. The van der Waals surface area contributed by atoms with Crippen molar-refractivity contribution in [2.45, 2.75) is 32.8 Å². The van der Waals surface area contributed by atoms with E-state index in [-0.39, 0.29) is 5.82 Å². The van der Waals surface area contributed by atoms with Crippen molar-refractivity contribution in [1.29, 1.82) is 0 Å². The lowest BCUT2D eigenvalue weighted by Crippen LogP contribution is -2.33. The first-order valence-corrected chi connectivity index (χ1v) is 8.27. The molecule has 0 aliphatic carbocycles. The summed E-state index contributed by atoms with van der Waals surface area (Å²) < 4.78 is 18.8. The summed E-state index contributed by atoms with van der Waals surface area (Å²) in [5.74, 6) is -0.279. The highest BCUT2D eigenvalue weighted by atomic mass is 19.1. The minimum Gasteiger partial charge on any atom is -0.444 e. The molecule has 1 aromatic heterocycles. The highest BCUT2D eigenvalue weighted by molar-refractivity contribution is 6.06. The van der Waals surface area contributed by atoms with Gasteiger partial charge in [-0.2, -0.15) is 0 Å². The number of carbonyl (C=O) groups excluding carboxylic acids is 1. The fraction of sp³-hybridized carbons (Fsp3) is 0.300. The fourth-order valence-corrected chi connectivity index (χ4v) is 2.78. The first kappa shape index (κ1) is 17.1. The number of hydrogen-bond donors (Lipinski definition) is 1. The Balaban J connectivity index is 1.86. The average molecular weight is 340 g/mol. The molecular formula is C20H21FN2O2. The van der Waals surface area contributed by atoms with Gasteiger partial charge in [0, 0.05) is 23.7 Å². The van der Waals surface area contributed by atoms with Crippen LogP contribution in [0.3, 0.4) is 0 Å². The van der Waals surface area contributed by atoms with Crippen molar-refractivity contribution in [3.63, 3.8) is 0 Å². The first-order chi connectivity index (χ1) is 11.8. The third kappa shape index (κ3) is 4.05. The van der Waals surface area contributed by atoms with Crippen molar-refractivity contribution in [1.82, 2.24) is 10.3 Å². The quantitative estimate of drug-likeness (QED) is 0.709. The number of amides is 1. The maximum absolute atomic E-state index is 13.6. The standard InChI is InChI=1S/C20H21FN2O2/c1-20(2,3)25-19(24)22-11-10-18-15-7-5-4-6-14(15)16-12-13(21)8-9-17(16)23-18/h4-9,12H,10-11H2,1-3H3,(H,22,24). The minimum absolute atomic E-state index is 0.279.